The molecule has 4 aliphatic rings. The fraction of sp³-hybridized carbons (Fsp3) is 0.750. The van der Waals surface area contributed by atoms with E-state index in [9.17, 15) is 18.3 Å². The second-order valence-electron chi connectivity index (χ2n) is 11.6. The number of carbonyl (C=O) groups excluding carboxylic acids is 1. The van der Waals surface area contributed by atoms with Crippen LogP contribution in [0.4, 0.5) is 0 Å². The van der Waals surface area contributed by atoms with Gasteiger partial charge in [0, 0.05) is 12.6 Å². The van der Waals surface area contributed by atoms with E-state index in [4.69, 9.17) is 0 Å². The second-order valence-corrected chi connectivity index (χ2v) is 13.9. The molecule has 4 fully saturated rings. The maximum absolute atomic E-state index is 13.3. The fourth-order valence-electron chi connectivity index (χ4n) is 7.31. The molecule has 35 heavy (non-hydrogen) atoms. The average Bonchev–Trinajstić information content (AvgIpc) is 3.31. The summed E-state index contributed by atoms with van der Waals surface area (Å²) in [5, 5.41) is 16.1. The highest BCUT2D eigenvalue weighted by atomic mass is 32.2. The van der Waals surface area contributed by atoms with Crippen LogP contribution in [-0.2, 0) is 21.2 Å². The van der Waals surface area contributed by atoms with Crippen molar-refractivity contribution in [1.29, 1.82) is 0 Å². The largest absolute Gasteiger partial charge is 0.393 e. The number of benzene rings is 1. The van der Waals surface area contributed by atoms with Crippen LogP contribution >= 0.6 is 0 Å². The van der Waals surface area contributed by atoms with Gasteiger partial charge in [0.2, 0.25) is 5.91 Å². The topological polar surface area (TPSA) is 95.5 Å². The van der Waals surface area contributed by atoms with Crippen molar-refractivity contribution < 1.29 is 18.3 Å². The van der Waals surface area contributed by atoms with E-state index in [1.165, 1.54) is 32.1 Å². The highest BCUT2D eigenvalue weighted by Crippen LogP contribution is 2.40. The highest BCUT2D eigenvalue weighted by Gasteiger charge is 2.40. The number of sulfone groups is 1. The summed E-state index contributed by atoms with van der Waals surface area (Å²) in [6.07, 6.45) is 13.4. The van der Waals surface area contributed by atoms with E-state index in [1.54, 1.807) is 12.1 Å². The molecule has 1 saturated heterocycles. The Morgan fingerprint density at radius 1 is 0.857 bits per heavy atom. The Kier molecular flexibility index (Phi) is 7.85. The number of aliphatic hydroxyl groups is 1. The summed E-state index contributed by atoms with van der Waals surface area (Å²) in [6, 6.07) is 7.22. The van der Waals surface area contributed by atoms with E-state index in [1.807, 2.05) is 12.1 Å². The molecular weight excluding hydrogens is 460 g/mol. The lowest BCUT2D eigenvalue weighted by atomic mass is 9.73. The minimum atomic E-state index is -3.31. The molecule has 1 aliphatic heterocycles. The molecule has 6 nitrogen and oxygen atoms in total. The minimum absolute atomic E-state index is 0.0136. The molecule has 0 spiro atoms. The predicted molar refractivity (Wildman–Crippen MR) is 136 cm³/mol. The third-order valence-electron chi connectivity index (χ3n) is 9.42. The molecule has 0 radical (unpaired) electrons. The van der Waals surface area contributed by atoms with Gasteiger partial charge in [0.05, 0.1) is 22.3 Å². The normalized spacial score (nSPS) is 34.3. The van der Waals surface area contributed by atoms with E-state index in [0.29, 0.717) is 23.4 Å². The Morgan fingerprint density at radius 2 is 1.54 bits per heavy atom. The average molecular weight is 503 g/mol. The second kappa shape index (κ2) is 10.9. The zero-order valence-corrected chi connectivity index (χ0v) is 21.6. The first-order valence-electron chi connectivity index (χ1n) is 13.9. The summed E-state index contributed by atoms with van der Waals surface area (Å²) in [4.78, 5) is 13.1. The van der Waals surface area contributed by atoms with Crippen molar-refractivity contribution >= 4 is 15.7 Å². The summed E-state index contributed by atoms with van der Waals surface area (Å²) in [5.74, 6) is 1.89. The molecule has 7 heteroatoms. The van der Waals surface area contributed by atoms with E-state index >= 15 is 0 Å². The molecule has 4 atom stereocenters. The first-order valence-corrected chi connectivity index (χ1v) is 15.5. The van der Waals surface area contributed by atoms with Gasteiger partial charge in [-0.05, 0) is 86.8 Å². The van der Waals surface area contributed by atoms with Gasteiger partial charge in [-0.1, -0.05) is 44.2 Å². The van der Waals surface area contributed by atoms with Crippen LogP contribution in [-0.4, -0.2) is 42.9 Å². The van der Waals surface area contributed by atoms with Crippen molar-refractivity contribution in [1.82, 2.24) is 10.6 Å². The van der Waals surface area contributed by atoms with E-state index < -0.39 is 9.84 Å². The molecule has 5 rings (SSSR count). The van der Waals surface area contributed by atoms with Crippen molar-refractivity contribution in [2.75, 3.05) is 0 Å². The van der Waals surface area contributed by atoms with Crippen molar-refractivity contribution in [3.05, 3.63) is 29.8 Å². The molecule has 3 aliphatic carbocycles. The van der Waals surface area contributed by atoms with Gasteiger partial charge in [0.25, 0.3) is 0 Å². The van der Waals surface area contributed by atoms with Crippen LogP contribution < -0.4 is 10.6 Å². The summed E-state index contributed by atoms with van der Waals surface area (Å²) < 4.78 is 26.5. The Morgan fingerprint density at radius 3 is 2.26 bits per heavy atom. The quantitative estimate of drug-likeness (QED) is 0.544. The van der Waals surface area contributed by atoms with Gasteiger partial charge >= 0.3 is 0 Å². The molecule has 3 saturated carbocycles. The number of carbonyl (C=O) groups is 1. The summed E-state index contributed by atoms with van der Waals surface area (Å²) >= 11 is 0. The van der Waals surface area contributed by atoms with Crippen LogP contribution in [0, 0.1) is 17.8 Å². The SMILES string of the molecule is O=C(NCc1ccc(S(=O)(=O)C2CCC(C3CCCCC3)CC2)cc1)C1CC2CC(O)CCC2N1. The fourth-order valence-corrected chi connectivity index (χ4v) is 9.10. The van der Waals surface area contributed by atoms with Crippen molar-refractivity contribution in [2.24, 2.45) is 17.8 Å². The summed E-state index contributed by atoms with van der Waals surface area (Å²) in [6.45, 7) is 0.391. The van der Waals surface area contributed by atoms with Crippen molar-refractivity contribution in [3.63, 3.8) is 0 Å². The van der Waals surface area contributed by atoms with E-state index in [0.717, 1.165) is 68.8 Å². The maximum Gasteiger partial charge on any atom is 0.237 e. The lowest BCUT2D eigenvalue weighted by molar-refractivity contribution is -0.123. The Labute approximate surface area is 210 Å². The van der Waals surface area contributed by atoms with Crippen LogP contribution in [0.3, 0.4) is 0 Å². The Bertz CT molecular complexity index is 965. The lowest BCUT2D eigenvalue weighted by Gasteiger charge is -2.35. The van der Waals surface area contributed by atoms with Crippen LogP contribution in [0.5, 0.6) is 0 Å². The summed E-state index contributed by atoms with van der Waals surface area (Å²) in [7, 11) is -3.31. The number of fused-ring (bicyclic) bond motifs is 1. The molecular formula is C28H42N2O4S. The first kappa shape index (κ1) is 25.2. The molecule has 1 amide bonds. The molecule has 3 N–H and O–H groups in total. The Hall–Kier alpha value is -1.44. The van der Waals surface area contributed by atoms with Crippen LogP contribution in [0.25, 0.3) is 0 Å². The number of hydrogen-bond acceptors (Lipinski definition) is 5. The molecule has 4 unspecified atom stereocenters. The predicted octanol–water partition coefficient (Wildman–Crippen LogP) is 4.11. The van der Waals surface area contributed by atoms with Gasteiger partial charge in [-0.25, -0.2) is 8.42 Å². The Balaban J connectivity index is 1.11. The number of rotatable bonds is 6. The van der Waals surface area contributed by atoms with Crippen LogP contribution in [0.2, 0.25) is 0 Å². The van der Waals surface area contributed by atoms with E-state index in [2.05, 4.69) is 10.6 Å². The molecule has 1 heterocycles. The van der Waals surface area contributed by atoms with Gasteiger partial charge < -0.3 is 15.7 Å². The summed E-state index contributed by atoms with van der Waals surface area (Å²) in [5.41, 5.74) is 0.907. The molecule has 0 bridgehead atoms. The smallest absolute Gasteiger partial charge is 0.237 e. The zero-order valence-electron chi connectivity index (χ0n) is 20.8. The molecule has 1 aromatic rings. The van der Waals surface area contributed by atoms with Gasteiger partial charge in [0.1, 0.15) is 0 Å². The molecule has 1 aromatic carbocycles. The van der Waals surface area contributed by atoms with Gasteiger partial charge in [0.15, 0.2) is 9.84 Å². The lowest BCUT2D eigenvalue weighted by Crippen LogP contribution is -2.43. The monoisotopic (exact) mass is 502 g/mol. The van der Waals surface area contributed by atoms with Crippen LogP contribution in [0.1, 0.15) is 89.0 Å². The standard InChI is InChI=1S/C28H42N2O4S/c31-23-10-15-26-22(16-23)17-27(30-26)28(32)29-18-19-6-11-24(12-7-19)35(33,34)25-13-8-21(9-14-25)20-4-2-1-3-5-20/h6-7,11-12,20-23,25-27,30-31H,1-5,8-10,13-18H2,(H,29,32). The van der Waals surface area contributed by atoms with Gasteiger partial charge in [-0.15, -0.1) is 0 Å². The third kappa shape index (κ3) is 5.78. The maximum atomic E-state index is 13.3. The van der Waals surface area contributed by atoms with Crippen LogP contribution in [0.15, 0.2) is 29.2 Å². The van der Waals surface area contributed by atoms with Gasteiger partial charge in [-0.2, -0.15) is 0 Å². The molecule has 0 aromatic heterocycles. The number of amides is 1. The number of hydrogen-bond donors (Lipinski definition) is 3. The number of aliphatic hydroxyl groups excluding tert-OH is 1. The van der Waals surface area contributed by atoms with Crippen molar-refractivity contribution in [3.8, 4) is 0 Å². The third-order valence-corrected chi connectivity index (χ3v) is 11.7. The van der Waals surface area contributed by atoms with Gasteiger partial charge in [-0.3, -0.25) is 4.79 Å². The zero-order chi connectivity index (χ0) is 24.4. The highest BCUT2D eigenvalue weighted by molar-refractivity contribution is 7.92. The first-order chi connectivity index (χ1) is 16.9. The number of nitrogens with one attached hydrogen (secondary N) is 2. The minimum Gasteiger partial charge on any atom is -0.393 e. The van der Waals surface area contributed by atoms with E-state index in [-0.39, 0.29) is 23.3 Å². The van der Waals surface area contributed by atoms with Crippen molar-refractivity contribution in [2.45, 2.75) is 118 Å². The molecule has 194 valence electrons.